The molecule has 0 atom stereocenters. The van der Waals surface area contributed by atoms with E-state index in [0.717, 1.165) is 19.5 Å². The molecule has 5 heteroatoms. The molecule has 0 saturated carbocycles. The average molecular weight is 401 g/mol. The second-order valence-electron chi connectivity index (χ2n) is 3.90. The fourth-order valence-corrected chi connectivity index (χ4v) is 3.15. The van der Waals surface area contributed by atoms with Gasteiger partial charge >= 0.3 is 0 Å². The molecule has 1 aromatic heterocycles. The van der Waals surface area contributed by atoms with Crippen LogP contribution in [0.1, 0.15) is 5.69 Å². The molecule has 0 amide bonds. The van der Waals surface area contributed by atoms with E-state index in [2.05, 4.69) is 36.8 Å². The SMILES string of the molecule is O=C(CSc1ccccc1Br)Cc1ccc(Br)cn1. The normalized spacial score (nSPS) is 10.4. The number of benzene rings is 1. The second-order valence-corrected chi connectivity index (χ2v) is 6.69. The molecule has 2 aromatic rings. The molecular formula is C14H11Br2NOS. The van der Waals surface area contributed by atoms with Gasteiger partial charge in [0.15, 0.2) is 0 Å². The Morgan fingerprint density at radius 1 is 1.16 bits per heavy atom. The Bertz CT molecular complexity index is 572. The van der Waals surface area contributed by atoms with E-state index < -0.39 is 0 Å². The summed E-state index contributed by atoms with van der Waals surface area (Å²) in [5.41, 5.74) is 0.806. The minimum atomic E-state index is 0.176. The number of halogens is 2. The van der Waals surface area contributed by atoms with Crippen molar-refractivity contribution in [3.63, 3.8) is 0 Å². The summed E-state index contributed by atoms with van der Waals surface area (Å²) in [7, 11) is 0. The molecule has 0 fully saturated rings. The zero-order valence-electron chi connectivity index (χ0n) is 9.98. The van der Waals surface area contributed by atoms with Crippen LogP contribution in [-0.4, -0.2) is 16.5 Å². The van der Waals surface area contributed by atoms with Crippen LogP contribution in [0.3, 0.4) is 0 Å². The Hall–Kier alpha value is -0.650. The molecule has 0 bridgehead atoms. The predicted octanol–water partition coefficient (Wildman–Crippen LogP) is 4.51. The van der Waals surface area contributed by atoms with Crippen molar-refractivity contribution in [1.29, 1.82) is 0 Å². The van der Waals surface area contributed by atoms with E-state index in [1.54, 1.807) is 18.0 Å². The molecule has 0 saturated heterocycles. The van der Waals surface area contributed by atoms with Crippen molar-refractivity contribution in [3.8, 4) is 0 Å². The first-order valence-corrected chi connectivity index (χ1v) is 8.22. The standard InChI is InChI=1S/C14H11Br2NOS/c15-10-5-6-11(17-8-10)7-12(18)9-19-14-4-2-1-3-13(14)16/h1-6,8H,7,9H2. The molecule has 0 aliphatic carbocycles. The molecule has 0 radical (unpaired) electrons. The predicted molar refractivity (Wildman–Crippen MR) is 85.5 cm³/mol. The third-order valence-electron chi connectivity index (χ3n) is 2.39. The number of hydrogen-bond donors (Lipinski definition) is 0. The summed E-state index contributed by atoms with van der Waals surface area (Å²) in [5.74, 6) is 0.635. The molecule has 98 valence electrons. The zero-order valence-corrected chi connectivity index (χ0v) is 14.0. The number of carbonyl (C=O) groups excluding carboxylic acids is 1. The highest BCUT2D eigenvalue weighted by Gasteiger charge is 2.07. The summed E-state index contributed by atoms with van der Waals surface area (Å²) in [4.78, 5) is 17.2. The zero-order chi connectivity index (χ0) is 13.7. The Balaban J connectivity index is 1.88. The summed E-state index contributed by atoms with van der Waals surface area (Å²) >= 11 is 8.34. The van der Waals surface area contributed by atoms with Gasteiger partial charge < -0.3 is 0 Å². The van der Waals surface area contributed by atoms with Gasteiger partial charge in [0.2, 0.25) is 0 Å². The van der Waals surface area contributed by atoms with Crippen LogP contribution in [0.2, 0.25) is 0 Å². The lowest BCUT2D eigenvalue weighted by atomic mass is 10.2. The van der Waals surface area contributed by atoms with E-state index in [9.17, 15) is 4.79 Å². The molecule has 19 heavy (non-hydrogen) atoms. The van der Waals surface area contributed by atoms with Crippen LogP contribution in [-0.2, 0) is 11.2 Å². The maximum absolute atomic E-state index is 11.9. The number of hydrogen-bond acceptors (Lipinski definition) is 3. The number of Topliss-reactive ketones (excluding diaryl/α,β-unsaturated/α-hetero) is 1. The van der Waals surface area contributed by atoms with Gasteiger partial charge in [0.25, 0.3) is 0 Å². The number of thioether (sulfide) groups is 1. The fraction of sp³-hybridized carbons (Fsp3) is 0.143. The van der Waals surface area contributed by atoms with Crippen molar-refractivity contribution in [1.82, 2.24) is 4.98 Å². The van der Waals surface area contributed by atoms with Gasteiger partial charge in [-0.2, -0.15) is 0 Å². The molecule has 1 aromatic carbocycles. The van der Waals surface area contributed by atoms with Crippen molar-refractivity contribution in [2.75, 3.05) is 5.75 Å². The fourth-order valence-electron chi connectivity index (χ4n) is 1.48. The maximum atomic E-state index is 11.9. The number of nitrogens with zero attached hydrogens (tertiary/aromatic N) is 1. The Morgan fingerprint density at radius 2 is 1.95 bits per heavy atom. The van der Waals surface area contributed by atoms with Crippen molar-refractivity contribution in [3.05, 3.63) is 57.2 Å². The molecule has 0 spiro atoms. The summed E-state index contributed by atoms with van der Waals surface area (Å²) in [5, 5.41) is 0. The minimum Gasteiger partial charge on any atom is -0.298 e. The van der Waals surface area contributed by atoms with Crippen LogP contribution in [0.4, 0.5) is 0 Å². The largest absolute Gasteiger partial charge is 0.298 e. The first kappa shape index (κ1) is 14.8. The first-order valence-electron chi connectivity index (χ1n) is 5.64. The van der Waals surface area contributed by atoms with Gasteiger partial charge in [-0.1, -0.05) is 12.1 Å². The smallest absolute Gasteiger partial charge is 0.149 e. The molecule has 2 nitrogen and oxygen atoms in total. The van der Waals surface area contributed by atoms with Crippen LogP contribution >= 0.6 is 43.6 Å². The Morgan fingerprint density at radius 3 is 2.63 bits per heavy atom. The van der Waals surface area contributed by atoms with E-state index >= 15 is 0 Å². The average Bonchev–Trinajstić information content (AvgIpc) is 2.40. The minimum absolute atomic E-state index is 0.176. The monoisotopic (exact) mass is 399 g/mol. The van der Waals surface area contributed by atoms with Crippen LogP contribution in [0.5, 0.6) is 0 Å². The van der Waals surface area contributed by atoms with Crippen LogP contribution in [0, 0.1) is 0 Å². The van der Waals surface area contributed by atoms with E-state index in [-0.39, 0.29) is 5.78 Å². The lowest BCUT2D eigenvalue weighted by molar-refractivity contribution is -0.116. The summed E-state index contributed by atoms with van der Waals surface area (Å²) in [6.45, 7) is 0. The summed E-state index contributed by atoms with van der Waals surface area (Å²) in [6.07, 6.45) is 2.09. The van der Waals surface area contributed by atoms with Gasteiger partial charge in [-0.25, -0.2) is 0 Å². The van der Waals surface area contributed by atoms with Crippen LogP contribution in [0.15, 0.2) is 56.4 Å². The highest BCUT2D eigenvalue weighted by Crippen LogP contribution is 2.27. The number of pyridine rings is 1. The van der Waals surface area contributed by atoms with Gasteiger partial charge in [-0.05, 0) is 56.1 Å². The van der Waals surface area contributed by atoms with Crippen molar-refractivity contribution < 1.29 is 4.79 Å². The van der Waals surface area contributed by atoms with Gasteiger partial charge in [-0.15, -0.1) is 11.8 Å². The molecule has 0 aliphatic heterocycles. The van der Waals surface area contributed by atoms with Crippen LogP contribution in [0.25, 0.3) is 0 Å². The number of carbonyl (C=O) groups is 1. The highest BCUT2D eigenvalue weighted by atomic mass is 79.9. The molecule has 0 aliphatic rings. The van der Waals surface area contributed by atoms with Gasteiger partial charge in [0.1, 0.15) is 5.78 Å². The Labute approximate surface area is 133 Å². The lowest BCUT2D eigenvalue weighted by Crippen LogP contribution is -2.06. The van der Waals surface area contributed by atoms with Gasteiger partial charge in [0, 0.05) is 32.2 Å². The van der Waals surface area contributed by atoms with E-state index in [4.69, 9.17) is 0 Å². The number of aromatic nitrogens is 1. The van der Waals surface area contributed by atoms with Gasteiger partial charge in [-0.3, -0.25) is 9.78 Å². The van der Waals surface area contributed by atoms with Crippen LogP contribution < -0.4 is 0 Å². The molecule has 0 unspecified atom stereocenters. The number of ketones is 1. The van der Waals surface area contributed by atoms with Crippen molar-refractivity contribution >= 4 is 49.4 Å². The third kappa shape index (κ3) is 4.75. The quantitative estimate of drug-likeness (QED) is 0.691. The number of rotatable bonds is 5. The van der Waals surface area contributed by atoms with Gasteiger partial charge in [0.05, 0.1) is 5.75 Å². The first-order chi connectivity index (χ1) is 9.15. The maximum Gasteiger partial charge on any atom is 0.149 e. The topological polar surface area (TPSA) is 30.0 Å². The molecular weight excluding hydrogens is 390 g/mol. The molecule has 0 N–H and O–H groups in total. The lowest BCUT2D eigenvalue weighted by Gasteiger charge is -2.03. The molecule has 2 rings (SSSR count). The Kier molecular flexibility index (Phi) is 5.60. The second kappa shape index (κ2) is 7.22. The summed E-state index contributed by atoms with van der Waals surface area (Å²) < 4.78 is 1.95. The molecule has 1 heterocycles. The highest BCUT2D eigenvalue weighted by molar-refractivity contribution is 9.10. The van der Waals surface area contributed by atoms with E-state index in [1.165, 1.54) is 0 Å². The van der Waals surface area contributed by atoms with E-state index in [1.807, 2.05) is 36.4 Å². The van der Waals surface area contributed by atoms with Crippen molar-refractivity contribution in [2.24, 2.45) is 0 Å². The summed E-state index contributed by atoms with van der Waals surface area (Å²) in [6, 6.07) is 11.7. The van der Waals surface area contributed by atoms with Crippen molar-refractivity contribution in [2.45, 2.75) is 11.3 Å². The third-order valence-corrected chi connectivity index (χ3v) is 4.95. The van der Waals surface area contributed by atoms with E-state index in [0.29, 0.717) is 12.2 Å².